The molecular formula is C25H28O6. The summed E-state index contributed by atoms with van der Waals surface area (Å²) in [6.07, 6.45) is 0. The minimum atomic E-state index is -0.879. The van der Waals surface area contributed by atoms with Crippen LogP contribution >= 0.6 is 0 Å². The molecule has 31 heavy (non-hydrogen) atoms. The number of aromatic carboxylic acids is 2. The second kappa shape index (κ2) is 11.4. The summed E-state index contributed by atoms with van der Waals surface area (Å²) in [4.78, 5) is 20.4. The molecule has 3 aromatic carbocycles. The lowest BCUT2D eigenvalue weighted by Gasteiger charge is -2.21. The van der Waals surface area contributed by atoms with Crippen LogP contribution in [0.25, 0.3) is 0 Å². The van der Waals surface area contributed by atoms with Crippen LogP contribution in [-0.4, -0.2) is 32.4 Å². The van der Waals surface area contributed by atoms with Gasteiger partial charge in [0.15, 0.2) is 0 Å². The van der Waals surface area contributed by atoms with Crippen molar-refractivity contribution in [2.75, 3.05) is 0 Å². The first-order chi connectivity index (χ1) is 14.4. The van der Waals surface area contributed by atoms with E-state index in [1.807, 2.05) is 33.8 Å². The molecule has 0 saturated carbocycles. The third kappa shape index (κ3) is 8.62. The van der Waals surface area contributed by atoms with Crippen molar-refractivity contribution in [1.82, 2.24) is 0 Å². The Labute approximate surface area is 182 Å². The summed E-state index contributed by atoms with van der Waals surface area (Å²) < 4.78 is 0. The van der Waals surface area contributed by atoms with Crippen molar-refractivity contribution >= 4 is 11.9 Å². The number of carboxylic acid groups (broad SMARTS) is 2. The van der Waals surface area contributed by atoms with Crippen molar-refractivity contribution in [3.8, 4) is 11.5 Å². The van der Waals surface area contributed by atoms with Crippen LogP contribution in [0.15, 0.2) is 72.8 Å². The van der Waals surface area contributed by atoms with E-state index in [9.17, 15) is 19.8 Å². The van der Waals surface area contributed by atoms with Gasteiger partial charge in [0.1, 0.15) is 11.5 Å². The fourth-order valence-corrected chi connectivity index (χ4v) is 2.45. The minimum Gasteiger partial charge on any atom is -0.508 e. The van der Waals surface area contributed by atoms with E-state index in [1.165, 1.54) is 6.07 Å². The Hall–Kier alpha value is -3.80. The zero-order valence-corrected chi connectivity index (χ0v) is 18.0. The highest BCUT2D eigenvalue weighted by Gasteiger charge is 2.19. The van der Waals surface area contributed by atoms with Crippen molar-refractivity contribution in [2.45, 2.75) is 33.1 Å². The molecule has 0 heterocycles. The molecule has 3 rings (SSSR count). The predicted molar refractivity (Wildman–Crippen MR) is 120 cm³/mol. The largest absolute Gasteiger partial charge is 0.508 e. The second-order valence-electron chi connectivity index (χ2n) is 7.75. The number of benzene rings is 3. The van der Waals surface area contributed by atoms with Gasteiger partial charge in [-0.25, -0.2) is 9.59 Å². The maximum absolute atomic E-state index is 10.2. The van der Waals surface area contributed by atoms with Gasteiger partial charge >= 0.3 is 11.9 Å². The zero-order chi connectivity index (χ0) is 23.6. The molecule has 0 bridgehead atoms. The molecule has 0 fully saturated rings. The highest BCUT2D eigenvalue weighted by atomic mass is 16.4. The summed E-state index contributed by atoms with van der Waals surface area (Å²) in [6.45, 7) is 7.90. The smallest absolute Gasteiger partial charge is 0.335 e. The molecule has 0 radical (unpaired) electrons. The third-order valence-corrected chi connectivity index (χ3v) is 4.16. The molecule has 164 valence electrons. The Kier molecular flexibility index (Phi) is 9.28. The lowest BCUT2D eigenvalue weighted by atomic mass is 9.85. The Bertz CT molecular complexity index is 940. The van der Waals surface area contributed by atoms with Crippen molar-refractivity contribution < 1.29 is 30.0 Å². The van der Waals surface area contributed by atoms with Crippen LogP contribution in [0.5, 0.6) is 11.5 Å². The van der Waals surface area contributed by atoms with Gasteiger partial charge in [-0.1, -0.05) is 57.2 Å². The van der Waals surface area contributed by atoms with Gasteiger partial charge in [-0.2, -0.15) is 0 Å². The van der Waals surface area contributed by atoms with E-state index < -0.39 is 11.9 Å². The molecule has 0 aromatic heterocycles. The van der Waals surface area contributed by atoms with Crippen LogP contribution in [0.1, 0.15) is 52.6 Å². The predicted octanol–water partition coefficient (Wildman–Crippen LogP) is 5.47. The number of carbonyl (C=O) groups is 2. The molecule has 6 heteroatoms. The number of hydrogen-bond acceptors (Lipinski definition) is 4. The monoisotopic (exact) mass is 424 g/mol. The lowest BCUT2D eigenvalue weighted by Crippen LogP contribution is -2.11. The van der Waals surface area contributed by atoms with Gasteiger partial charge in [0.05, 0.1) is 11.1 Å². The highest BCUT2D eigenvalue weighted by Crippen LogP contribution is 2.34. The summed E-state index contributed by atoms with van der Waals surface area (Å²) in [5.74, 6) is -1.45. The normalized spacial score (nSPS) is 10.1. The standard InChI is InChI=1S/C11H16O2.2C7H6O2/c1-7-5-8(11(2,3)4)10(13)6-9(7)12;2*8-7(9)6-4-2-1-3-5-6/h5-6,12-13H,1-4H3;2*1-5H,(H,8,9). The van der Waals surface area contributed by atoms with Crippen molar-refractivity contribution in [2.24, 2.45) is 0 Å². The minimum absolute atomic E-state index is 0.0947. The van der Waals surface area contributed by atoms with E-state index in [1.54, 1.807) is 60.7 Å². The molecule has 0 saturated heterocycles. The van der Waals surface area contributed by atoms with Gasteiger partial charge in [-0.15, -0.1) is 0 Å². The number of phenols is 2. The van der Waals surface area contributed by atoms with Crippen molar-refractivity contribution in [3.05, 3.63) is 95.1 Å². The maximum Gasteiger partial charge on any atom is 0.335 e. The SMILES string of the molecule is Cc1cc(C(C)(C)C)c(O)cc1O.O=C(O)c1ccccc1.O=C(O)c1ccccc1. The van der Waals surface area contributed by atoms with E-state index >= 15 is 0 Å². The topological polar surface area (TPSA) is 115 Å². The average molecular weight is 424 g/mol. The van der Waals surface area contributed by atoms with E-state index in [2.05, 4.69) is 0 Å². The molecule has 0 spiro atoms. The molecule has 0 aliphatic rings. The second-order valence-corrected chi connectivity index (χ2v) is 7.75. The van der Waals surface area contributed by atoms with E-state index in [-0.39, 0.29) is 16.9 Å². The first-order valence-corrected chi connectivity index (χ1v) is 9.53. The molecule has 6 nitrogen and oxygen atoms in total. The molecule has 4 N–H and O–H groups in total. The third-order valence-electron chi connectivity index (χ3n) is 4.16. The van der Waals surface area contributed by atoms with Gasteiger partial charge in [0, 0.05) is 6.07 Å². The average Bonchev–Trinajstić information content (AvgIpc) is 2.72. The number of carboxylic acids is 2. The fraction of sp³-hybridized carbons (Fsp3) is 0.200. The number of aromatic hydroxyl groups is 2. The van der Waals surface area contributed by atoms with Gasteiger partial charge in [-0.3, -0.25) is 0 Å². The summed E-state index contributed by atoms with van der Waals surface area (Å²) in [5.41, 5.74) is 2.23. The van der Waals surface area contributed by atoms with Gasteiger partial charge in [0.2, 0.25) is 0 Å². The summed E-state index contributed by atoms with van der Waals surface area (Å²) in [5, 5.41) is 35.7. The molecule has 0 aliphatic carbocycles. The molecule has 0 atom stereocenters. The van der Waals surface area contributed by atoms with Gasteiger partial charge in [-0.05, 0) is 53.8 Å². The Morgan fingerprint density at radius 2 is 1.06 bits per heavy atom. The Morgan fingerprint density at radius 3 is 1.35 bits per heavy atom. The van der Waals surface area contributed by atoms with E-state index in [0.29, 0.717) is 11.1 Å². The van der Waals surface area contributed by atoms with Crippen LogP contribution < -0.4 is 0 Å². The summed E-state index contributed by atoms with van der Waals surface area (Å²) in [7, 11) is 0. The Balaban J connectivity index is 0.000000239. The number of rotatable bonds is 2. The van der Waals surface area contributed by atoms with Crippen LogP contribution in [0.4, 0.5) is 0 Å². The van der Waals surface area contributed by atoms with Crippen LogP contribution in [0.2, 0.25) is 0 Å². The number of phenolic OH excluding ortho intramolecular Hbond substituents is 2. The van der Waals surface area contributed by atoms with Gasteiger partial charge < -0.3 is 20.4 Å². The number of hydrogen-bond donors (Lipinski definition) is 4. The molecule has 3 aromatic rings. The summed E-state index contributed by atoms with van der Waals surface area (Å²) in [6, 6.07) is 19.8. The van der Waals surface area contributed by atoms with Crippen LogP contribution in [0, 0.1) is 6.92 Å². The maximum atomic E-state index is 10.2. The van der Waals surface area contributed by atoms with E-state index in [0.717, 1.165) is 11.1 Å². The van der Waals surface area contributed by atoms with Crippen molar-refractivity contribution in [3.63, 3.8) is 0 Å². The lowest BCUT2D eigenvalue weighted by molar-refractivity contribution is 0.0686. The number of aryl methyl sites for hydroxylation is 1. The Morgan fingerprint density at radius 1 is 0.677 bits per heavy atom. The quantitative estimate of drug-likeness (QED) is 0.433. The zero-order valence-electron chi connectivity index (χ0n) is 18.0. The highest BCUT2D eigenvalue weighted by molar-refractivity contribution is 5.87. The van der Waals surface area contributed by atoms with Crippen LogP contribution in [-0.2, 0) is 5.41 Å². The first kappa shape index (κ1) is 25.2. The van der Waals surface area contributed by atoms with E-state index in [4.69, 9.17) is 10.2 Å². The molecular weight excluding hydrogens is 396 g/mol. The first-order valence-electron chi connectivity index (χ1n) is 9.53. The summed E-state index contributed by atoms with van der Waals surface area (Å²) >= 11 is 0. The molecule has 0 aliphatic heterocycles. The van der Waals surface area contributed by atoms with Crippen molar-refractivity contribution in [1.29, 1.82) is 0 Å². The fourth-order valence-electron chi connectivity index (χ4n) is 2.45. The van der Waals surface area contributed by atoms with Crippen LogP contribution in [0.3, 0.4) is 0 Å². The van der Waals surface area contributed by atoms with Gasteiger partial charge in [0.25, 0.3) is 0 Å². The molecule has 0 amide bonds. The molecule has 0 unspecified atom stereocenters.